The minimum atomic E-state index is -4.52. The summed E-state index contributed by atoms with van der Waals surface area (Å²) < 4.78 is 38.4. The van der Waals surface area contributed by atoms with Crippen LogP contribution in [-0.4, -0.2) is 33.8 Å². The minimum Gasteiger partial charge on any atom is -0.390 e. The maximum atomic E-state index is 12.8. The lowest BCUT2D eigenvalue weighted by molar-refractivity contribution is -0.141. The molecular formula is C13H16F3N3OS. The van der Waals surface area contributed by atoms with E-state index < -0.39 is 17.5 Å². The van der Waals surface area contributed by atoms with Gasteiger partial charge in [0.25, 0.3) is 0 Å². The van der Waals surface area contributed by atoms with Crippen molar-refractivity contribution >= 4 is 23.0 Å². The Balaban J connectivity index is 2.38. The number of hydrogen-bond donors (Lipinski definition) is 2. The lowest BCUT2D eigenvalue weighted by Gasteiger charge is -2.37. The Labute approximate surface area is 125 Å². The average molecular weight is 319 g/mol. The molecule has 0 spiro atoms. The molecule has 0 saturated carbocycles. The van der Waals surface area contributed by atoms with Gasteiger partial charge in [0.1, 0.15) is 16.5 Å². The minimum absolute atomic E-state index is 0.00329. The van der Waals surface area contributed by atoms with Gasteiger partial charge in [0, 0.05) is 13.1 Å². The molecule has 1 aliphatic rings. The van der Waals surface area contributed by atoms with E-state index in [9.17, 15) is 18.3 Å². The monoisotopic (exact) mass is 319 g/mol. The van der Waals surface area contributed by atoms with Gasteiger partial charge in [-0.3, -0.25) is 0 Å². The van der Waals surface area contributed by atoms with Gasteiger partial charge < -0.3 is 15.7 Å². The molecule has 1 aromatic heterocycles. The molecule has 0 radical (unpaired) electrons. The summed E-state index contributed by atoms with van der Waals surface area (Å²) >= 11 is 4.88. The molecule has 2 heterocycles. The average Bonchev–Trinajstić information content (AvgIpc) is 2.37. The van der Waals surface area contributed by atoms with Crippen molar-refractivity contribution in [1.82, 2.24) is 4.98 Å². The lowest BCUT2D eigenvalue weighted by Crippen LogP contribution is -2.43. The van der Waals surface area contributed by atoms with Crippen LogP contribution in [0.5, 0.6) is 0 Å². The molecule has 1 aliphatic heterocycles. The summed E-state index contributed by atoms with van der Waals surface area (Å²) in [6.45, 7) is 2.51. The first-order valence-corrected chi connectivity index (χ1v) is 6.86. The van der Waals surface area contributed by atoms with Crippen LogP contribution < -0.4 is 10.6 Å². The molecule has 0 amide bonds. The van der Waals surface area contributed by atoms with Crippen LogP contribution in [0.4, 0.5) is 19.0 Å². The molecule has 116 valence electrons. The van der Waals surface area contributed by atoms with Gasteiger partial charge >= 0.3 is 6.18 Å². The standard InChI is InChI=1S/C13H16F3N3OS/c1-12(20)4-6-19(7-5-12)11-8(10(17)21)2-3-9(18-11)13(14,15)16/h2-3,20H,4-7H2,1H3,(H2,17,21). The Morgan fingerprint density at radius 2 is 1.95 bits per heavy atom. The van der Waals surface area contributed by atoms with E-state index in [1.165, 1.54) is 6.07 Å². The number of nitrogens with zero attached hydrogens (tertiary/aromatic N) is 2. The Morgan fingerprint density at radius 1 is 1.38 bits per heavy atom. The van der Waals surface area contributed by atoms with Crippen molar-refractivity contribution in [2.75, 3.05) is 18.0 Å². The van der Waals surface area contributed by atoms with Crippen LogP contribution in [0.3, 0.4) is 0 Å². The van der Waals surface area contributed by atoms with E-state index in [4.69, 9.17) is 18.0 Å². The normalized spacial score (nSPS) is 18.6. The maximum Gasteiger partial charge on any atom is 0.433 e. The third-order valence-corrected chi connectivity index (χ3v) is 3.79. The third kappa shape index (κ3) is 3.62. The number of rotatable bonds is 2. The van der Waals surface area contributed by atoms with Crippen LogP contribution in [0.25, 0.3) is 0 Å². The highest BCUT2D eigenvalue weighted by Crippen LogP contribution is 2.32. The lowest BCUT2D eigenvalue weighted by atomic mass is 9.93. The van der Waals surface area contributed by atoms with Crippen LogP contribution in [-0.2, 0) is 6.18 Å². The van der Waals surface area contributed by atoms with Gasteiger partial charge in [-0.25, -0.2) is 4.98 Å². The Bertz CT molecular complexity index is 550. The number of aliphatic hydroxyl groups is 1. The summed E-state index contributed by atoms with van der Waals surface area (Å²) in [5.41, 5.74) is 4.11. The van der Waals surface area contributed by atoms with Crippen LogP contribution in [0.1, 0.15) is 31.0 Å². The zero-order valence-corrected chi connectivity index (χ0v) is 12.3. The van der Waals surface area contributed by atoms with E-state index in [0.29, 0.717) is 31.5 Å². The Hall–Kier alpha value is -1.41. The number of halogens is 3. The quantitative estimate of drug-likeness (QED) is 0.817. The van der Waals surface area contributed by atoms with E-state index in [1.54, 1.807) is 11.8 Å². The van der Waals surface area contributed by atoms with Gasteiger partial charge in [0.15, 0.2) is 0 Å². The number of piperidine rings is 1. The van der Waals surface area contributed by atoms with Crippen molar-refractivity contribution < 1.29 is 18.3 Å². The molecule has 0 bridgehead atoms. The van der Waals surface area contributed by atoms with Gasteiger partial charge in [-0.1, -0.05) is 12.2 Å². The van der Waals surface area contributed by atoms with Gasteiger partial charge in [0.2, 0.25) is 0 Å². The summed E-state index contributed by atoms with van der Waals surface area (Å²) in [4.78, 5) is 5.37. The Morgan fingerprint density at radius 3 is 2.43 bits per heavy atom. The van der Waals surface area contributed by atoms with Gasteiger partial charge in [0.05, 0.1) is 11.2 Å². The van der Waals surface area contributed by atoms with Crippen LogP contribution in [0.2, 0.25) is 0 Å². The van der Waals surface area contributed by atoms with Crippen molar-refractivity contribution in [2.45, 2.75) is 31.5 Å². The SMILES string of the molecule is CC1(O)CCN(c2nc(C(F)(F)F)ccc2C(N)=S)CC1. The van der Waals surface area contributed by atoms with Gasteiger partial charge in [-0.2, -0.15) is 13.2 Å². The molecule has 4 nitrogen and oxygen atoms in total. The van der Waals surface area contributed by atoms with Crippen LogP contribution >= 0.6 is 12.2 Å². The van der Waals surface area contributed by atoms with Crippen molar-refractivity contribution in [3.8, 4) is 0 Å². The van der Waals surface area contributed by atoms with E-state index in [2.05, 4.69) is 4.98 Å². The first kappa shape index (κ1) is 16.0. The van der Waals surface area contributed by atoms with Crippen molar-refractivity contribution in [2.24, 2.45) is 5.73 Å². The summed E-state index contributed by atoms with van der Waals surface area (Å²) in [6, 6.07) is 2.12. The molecule has 1 saturated heterocycles. The molecule has 1 aromatic rings. The fraction of sp³-hybridized carbons (Fsp3) is 0.538. The predicted molar refractivity (Wildman–Crippen MR) is 77.2 cm³/mol. The number of hydrogen-bond acceptors (Lipinski definition) is 4. The van der Waals surface area contributed by atoms with E-state index >= 15 is 0 Å². The summed E-state index contributed by atoms with van der Waals surface area (Å²) in [7, 11) is 0. The summed E-state index contributed by atoms with van der Waals surface area (Å²) in [5.74, 6) is 0.132. The second-order valence-electron chi connectivity index (χ2n) is 5.41. The number of aromatic nitrogens is 1. The number of anilines is 1. The topological polar surface area (TPSA) is 62.4 Å². The molecule has 3 N–H and O–H groups in total. The van der Waals surface area contributed by atoms with Gasteiger partial charge in [-0.05, 0) is 31.9 Å². The van der Waals surface area contributed by atoms with Crippen LogP contribution in [0, 0.1) is 0 Å². The highest BCUT2D eigenvalue weighted by molar-refractivity contribution is 7.80. The highest BCUT2D eigenvalue weighted by atomic mass is 32.1. The van der Waals surface area contributed by atoms with E-state index in [0.717, 1.165) is 6.07 Å². The molecule has 0 atom stereocenters. The van der Waals surface area contributed by atoms with Crippen molar-refractivity contribution in [3.05, 3.63) is 23.4 Å². The second kappa shape index (κ2) is 5.42. The van der Waals surface area contributed by atoms with E-state index in [-0.39, 0.29) is 10.8 Å². The fourth-order valence-electron chi connectivity index (χ4n) is 2.24. The highest BCUT2D eigenvalue weighted by Gasteiger charge is 2.35. The zero-order chi connectivity index (χ0) is 15.8. The number of alkyl halides is 3. The van der Waals surface area contributed by atoms with Crippen molar-refractivity contribution in [3.63, 3.8) is 0 Å². The molecule has 1 fully saturated rings. The molecule has 0 aliphatic carbocycles. The van der Waals surface area contributed by atoms with Crippen molar-refractivity contribution in [1.29, 1.82) is 0 Å². The Kier molecular flexibility index (Phi) is 4.12. The maximum absolute atomic E-state index is 12.8. The summed E-state index contributed by atoms with van der Waals surface area (Å²) in [6.07, 6.45) is -3.63. The van der Waals surface area contributed by atoms with Crippen LogP contribution in [0.15, 0.2) is 12.1 Å². The molecule has 2 rings (SSSR count). The first-order chi connectivity index (χ1) is 9.60. The number of pyridine rings is 1. The second-order valence-corrected chi connectivity index (χ2v) is 5.85. The summed E-state index contributed by atoms with van der Waals surface area (Å²) in [5, 5.41) is 9.92. The first-order valence-electron chi connectivity index (χ1n) is 6.45. The van der Waals surface area contributed by atoms with Gasteiger partial charge in [-0.15, -0.1) is 0 Å². The molecule has 0 aromatic carbocycles. The van der Waals surface area contributed by atoms with E-state index in [1.807, 2.05) is 0 Å². The molecule has 8 heteroatoms. The molecule has 0 unspecified atom stereocenters. The third-order valence-electron chi connectivity index (χ3n) is 3.57. The smallest absolute Gasteiger partial charge is 0.390 e. The number of nitrogens with two attached hydrogens (primary N) is 1. The molecule has 21 heavy (non-hydrogen) atoms. The predicted octanol–water partition coefficient (Wildman–Crippen LogP) is 2.09. The fourth-order valence-corrected chi connectivity index (χ4v) is 2.40. The number of thiocarbonyl (C=S) groups is 1. The zero-order valence-electron chi connectivity index (χ0n) is 11.4. The largest absolute Gasteiger partial charge is 0.433 e. The molecular weight excluding hydrogens is 303 g/mol.